The fraction of sp³-hybridized carbons (Fsp3) is 0.238. The summed E-state index contributed by atoms with van der Waals surface area (Å²) in [4.78, 5) is 0. The van der Waals surface area contributed by atoms with Gasteiger partial charge in [0.2, 0.25) is 0 Å². The Morgan fingerprint density at radius 1 is 1.10 bits per heavy atom. The Labute approximate surface area is 177 Å². The third-order valence-corrected chi connectivity index (χ3v) is 4.74. The molecule has 2 N–H and O–H groups in total. The molecular weight excluding hydrogens is 413 g/mol. The molecule has 0 atom stereocenters. The largest absolute Gasteiger partial charge is 0.497 e. The van der Waals surface area contributed by atoms with Crippen LogP contribution in [-0.4, -0.2) is 22.0 Å². The quantitative estimate of drug-likeness (QED) is 0.528. The van der Waals surface area contributed by atoms with Crippen LogP contribution in [0.1, 0.15) is 22.5 Å². The fourth-order valence-electron chi connectivity index (χ4n) is 3.02. The highest BCUT2D eigenvalue weighted by Gasteiger charge is 2.30. The third-order valence-electron chi connectivity index (χ3n) is 4.53. The molecule has 9 heteroatoms. The Kier molecular flexibility index (Phi) is 6.31. The average Bonchev–Trinajstić information content (AvgIpc) is 2.95. The highest BCUT2D eigenvalue weighted by atomic mass is 32.1. The summed E-state index contributed by atoms with van der Waals surface area (Å²) in [6.07, 6.45) is -4.42. The number of benzene rings is 2. The molecule has 0 aliphatic rings. The molecule has 0 aliphatic heterocycles. The van der Waals surface area contributed by atoms with E-state index in [4.69, 9.17) is 17.0 Å². The first-order valence-corrected chi connectivity index (χ1v) is 9.50. The molecule has 0 radical (unpaired) electrons. The van der Waals surface area contributed by atoms with Gasteiger partial charge in [-0.15, -0.1) is 0 Å². The number of methoxy groups -OCH3 is 1. The molecule has 1 heterocycles. The summed E-state index contributed by atoms with van der Waals surface area (Å²) in [6.45, 7) is 4.28. The van der Waals surface area contributed by atoms with Gasteiger partial charge in [-0.25, -0.2) is 0 Å². The number of rotatable bonds is 5. The molecule has 0 bridgehead atoms. The number of hydrogen-bond acceptors (Lipinski definition) is 3. The van der Waals surface area contributed by atoms with Crippen molar-refractivity contribution in [2.75, 3.05) is 17.7 Å². The molecule has 0 fully saturated rings. The van der Waals surface area contributed by atoms with E-state index < -0.39 is 11.7 Å². The Bertz CT molecular complexity index is 1060. The Morgan fingerprint density at radius 3 is 2.53 bits per heavy atom. The lowest BCUT2D eigenvalue weighted by Crippen LogP contribution is -2.20. The molecule has 3 rings (SSSR count). The van der Waals surface area contributed by atoms with E-state index >= 15 is 0 Å². The second-order valence-electron chi connectivity index (χ2n) is 6.71. The van der Waals surface area contributed by atoms with E-state index in [0.717, 1.165) is 34.8 Å². The number of hydrogen-bond donors (Lipinski definition) is 2. The van der Waals surface area contributed by atoms with Gasteiger partial charge >= 0.3 is 6.18 Å². The molecule has 1 aromatic heterocycles. The first-order valence-electron chi connectivity index (χ1n) is 9.09. The SMILES string of the molecule is COc1cccc(Cn2nc(C)c(NC(=S)Nc3cccc(C(F)(F)F)c3)c2C)c1. The number of anilines is 2. The topological polar surface area (TPSA) is 51.1 Å². The van der Waals surface area contributed by atoms with Crippen LogP contribution in [0.5, 0.6) is 5.75 Å². The summed E-state index contributed by atoms with van der Waals surface area (Å²) in [5.74, 6) is 0.763. The molecule has 158 valence electrons. The van der Waals surface area contributed by atoms with Crippen molar-refractivity contribution >= 4 is 28.7 Å². The van der Waals surface area contributed by atoms with Crippen LogP contribution in [0.15, 0.2) is 48.5 Å². The van der Waals surface area contributed by atoms with Gasteiger partial charge in [-0.2, -0.15) is 18.3 Å². The van der Waals surface area contributed by atoms with E-state index in [1.165, 1.54) is 12.1 Å². The van der Waals surface area contributed by atoms with Crippen molar-refractivity contribution in [1.82, 2.24) is 9.78 Å². The molecule has 5 nitrogen and oxygen atoms in total. The van der Waals surface area contributed by atoms with E-state index in [1.54, 1.807) is 7.11 Å². The van der Waals surface area contributed by atoms with E-state index in [2.05, 4.69) is 15.7 Å². The molecule has 0 saturated carbocycles. The summed E-state index contributed by atoms with van der Waals surface area (Å²) in [5, 5.41) is 10.6. The van der Waals surface area contributed by atoms with Crippen LogP contribution < -0.4 is 15.4 Å². The number of thiocarbonyl (C=S) groups is 1. The maximum absolute atomic E-state index is 12.9. The maximum Gasteiger partial charge on any atom is 0.416 e. The van der Waals surface area contributed by atoms with Crippen molar-refractivity contribution in [3.8, 4) is 5.75 Å². The lowest BCUT2D eigenvalue weighted by Gasteiger charge is -2.13. The van der Waals surface area contributed by atoms with Crippen molar-refractivity contribution in [2.24, 2.45) is 0 Å². The Balaban J connectivity index is 1.73. The molecule has 0 aliphatic carbocycles. The molecule has 30 heavy (non-hydrogen) atoms. The number of alkyl halides is 3. The molecule has 0 spiro atoms. The highest BCUT2D eigenvalue weighted by molar-refractivity contribution is 7.80. The van der Waals surface area contributed by atoms with Crippen LogP contribution in [0.25, 0.3) is 0 Å². The standard InChI is InChI=1S/C21H21F3N4OS/c1-13-19(14(2)28(27-13)12-15-6-4-9-18(10-15)29-3)26-20(30)25-17-8-5-7-16(11-17)21(22,23)24/h4-11H,12H2,1-3H3,(H2,25,26,30). The third kappa shape index (κ3) is 5.10. The Hall–Kier alpha value is -3.07. The molecule has 2 aromatic carbocycles. The second-order valence-corrected chi connectivity index (χ2v) is 7.12. The number of ether oxygens (including phenoxy) is 1. The van der Waals surface area contributed by atoms with E-state index in [9.17, 15) is 13.2 Å². The first-order chi connectivity index (χ1) is 14.2. The summed E-state index contributed by atoms with van der Waals surface area (Å²) in [6, 6.07) is 12.6. The minimum absolute atomic E-state index is 0.182. The zero-order chi connectivity index (χ0) is 21.9. The van der Waals surface area contributed by atoms with Crippen molar-refractivity contribution in [3.63, 3.8) is 0 Å². The van der Waals surface area contributed by atoms with Gasteiger partial charge < -0.3 is 15.4 Å². The van der Waals surface area contributed by atoms with Gasteiger partial charge in [0.05, 0.1) is 36.3 Å². The fourth-order valence-corrected chi connectivity index (χ4v) is 3.24. The number of aromatic nitrogens is 2. The summed E-state index contributed by atoms with van der Waals surface area (Å²) < 4.78 is 45.8. The van der Waals surface area contributed by atoms with E-state index in [-0.39, 0.29) is 10.8 Å². The lowest BCUT2D eigenvalue weighted by atomic mass is 10.2. The predicted octanol–water partition coefficient (Wildman–Crippen LogP) is 5.38. The molecule has 0 amide bonds. The van der Waals surface area contributed by atoms with Crippen LogP contribution in [-0.2, 0) is 12.7 Å². The summed E-state index contributed by atoms with van der Waals surface area (Å²) in [7, 11) is 1.61. The van der Waals surface area contributed by atoms with Crippen LogP contribution >= 0.6 is 12.2 Å². The van der Waals surface area contributed by atoms with E-state index in [1.807, 2.05) is 42.8 Å². The monoisotopic (exact) mass is 434 g/mol. The number of aryl methyl sites for hydroxylation is 1. The van der Waals surface area contributed by atoms with Gasteiger partial charge in [0.15, 0.2) is 5.11 Å². The molecule has 0 unspecified atom stereocenters. The molecule has 0 saturated heterocycles. The van der Waals surface area contributed by atoms with E-state index in [0.29, 0.717) is 12.2 Å². The van der Waals surface area contributed by atoms with Crippen molar-refractivity contribution in [3.05, 3.63) is 71.0 Å². The average molecular weight is 434 g/mol. The summed E-state index contributed by atoms with van der Waals surface area (Å²) >= 11 is 5.29. The van der Waals surface area contributed by atoms with Crippen LogP contribution in [0, 0.1) is 13.8 Å². The van der Waals surface area contributed by atoms with Gasteiger partial charge in [0, 0.05) is 5.69 Å². The first kappa shape index (κ1) is 21.6. The predicted molar refractivity (Wildman–Crippen MR) is 115 cm³/mol. The zero-order valence-corrected chi connectivity index (χ0v) is 17.5. The van der Waals surface area contributed by atoms with Crippen molar-refractivity contribution in [1.29, 1.82) is 0 Å². The minimum Gasteiger partial charge on any atom is -0.497 e. The van der Waals surface area contributed by atoms with Gasteiger partial charge in [-0.05, 0) is 62.0 Å². The normalized spacial score (nSPS) is 11.3. The molecular formula is C21H21F3N4OS. The van der Waals surface area contributed by atoms with Crippen LogP contribution in [0.3, 0.4) is 0 Å². The Morgan fingerprint density at radius 2 is 1.83 bits per heavy atom. The van der Waals surface area contributed by atoms with Crippen LogP contribution in [0.4, 0.5) is 24.5 Å². The zero-order valence-electron chi connectivity index (χ0n) is 16.7. The lowest BCUT2D eigenvalue weighted by molar-refractivity contribution is -0.137. The minimum atomic E-state index is -4.42. The second kappa shape index (κ2) is 8.74. The highest BCUT2D eigenvalue weighted by Crippen LogP contribution is 2.30. The molecule has 3 aromatic rings. The van der Waals surface area contributed by atoms with Crippen LogP contribution in [0.2, 0.25) is 0 Å². The van der Waals surface area contributed by atoms with Gasteiger partial charge in [-0.3, -0.25) is 4.68 Å². The van der Waals surface area contributed by atoms with Gasteiger partial charge in [0.1, 0.15) is 5.75 Å². The summed E-state index contributed by atoms with van der Waals surface area (Å²) in [5.41, 5.74) is 2.82. The maximum atomic E-state index is 12.9. The van der Waals surface area contributed by atoms with Gasteiger partial charge in [-0.1, -0.05) is 18.2 Å². The number of nitrogens with one attached hydrogen (secondary N) is 2. The van der Waals surface area contributed by atoms with Crippen molar-refractivity contribution in [2.45, 2.75) is 26.6 Å². The number of nitrogens with zero attached hydrogens (tertiary/aromatic N) is 2. The van der Waals surface area contributed by atoms with Crippen molar-refractivity contribution < 1.29 is 17.9 Å². The van der Waals surface area contributed by atoms with Gasteiger partial charge in [0.25, 0.3) is 0 Å². The number of halogens is 3. The smallest absolute Gasteiger partial charge is 0.416 e.